The molecule has 0 bridgehead atoms. The first-order valence-corrected chi connectivity index (χ1v) is 24.9. The molecule has 3 aliphatic heterocycles. The minimum Gasteiger partial charge on any atom is -0.505 e. The van der Waals surface area contributed by atoms with Crippen LogP contribution in [0.25, 0.3) is 0 Å². The standard InChI is InChI=1S/C52H74Cl2O18/c1-13-30-22-26(6)33(56)18-16-15-17-31(23-66-51-45(65-12)42(61)44(29(9)67-51)69-49(64)35-32(14-2)36(53)39(58)37(54)38(35)57)48(63)68-34(28(8)55)20-19-25(5)21-27(7)43(30)70-50-41(60)40(59)46(52(10,11)72-50)71-47(62)24(3)4/h15-17,19,21-22,24,28-30,33-34,40-46,50-51,55-61H,13-14,18,20,23H2,1-12H3/b16-15+,25-19-,26-22-,27-21-,31-17+/t28-,29-,30+,33+,34+,40-,41+,42+,43+,44-,45+,46?,50-,51-/m1/s1. The summed E-state index contributed by atoms with van der Waals surface area (Å²) in [5, 5.41) is 76.5. The molecule has 2 saturated heterocycles. The number of ether oxygens (including phenoxy) is 8. The minimum absolute atomic E-state index is 0.0372. The highest BCUT2D eigenvalue weighted by Gasteiger charge is 2.53. The van der Waals surface area contributed by atoms with Crippen LogP contribution < -0.4 is 0 Å². The first-order valence-electron chi connectivity index (χ1n) is 24.2. The van der Waals surface area contributed by atoms with Crippen molar-refractivity contribution in [3.63, 3.8) is 0 Å². The molecule has 72 heavy (non-hydrogen) atoms. The van der Waals surface area contributed by atoms with Gasteiger partial charge in [-0.05, 0) is 90.5 Å². The number of carbonyl (C=O) groups is 3. The molecule has 0 amide bonds. The fraction of sp³-hybridized carbons (Fsp3) is 0.635. The molecule has 3 heterocycles. The number of aliphatic hydroxyl groups is 5. The SMILES string of the molecule is CCc1c(Cl)c(O)c(Cl)c(O)c1C(=O)O[C@H]1[C@H](O)[C@H](OC)[C@H](OC/C2=C\C=C\C[C@H](O)/C(C)=C\[C@H](CC)[C@@H](O[C@@H]3OC(C)(C)C(OC(=O)C(C)C)[C@H](O)[C@@H]3O)/C(C)=C\C(C)=C/C[C@@H]([C@@H](C)O)OC2=O)O[C@@H]1C. The molecule has 4 rings (SSSR count). The number of aliphatic hydroxyl groups excluding tert-OH is 5. The van der Waals surface area contributed by atoms with Crippen molar-refractivity contribution in [2.45, 2.75) is 187 Å². The van der Waals surface area contributed by atoms with Gasteiger partial charge in [0.05, 0.1) is 47.5 Å². The lowest BCUT2D eigenvalue weighted by molar-refractivity contribution is -0.333. The van der Waals surface area contributed by atoms with Crippen LogP contribution >= 0.6 is 23.2 Å². The second-order valence-corrected chi connectivity index (χ2v) is 20.1. The average molecular weight is 1060 g/mol. The maximum Gasteiger partial charge on any atom is 0.342 e. The van der Waals surface area contributed by atoms with Crippen LogP contribution in [0.1, 0.15) is 111 Å². The van der Waals surface area contributed by atoms with E-state index in [2.05, 4.69) is 0 Å². The summed E-state index contributed by atoms with van der Waals surface area (Å²) >= 11 is 12.3. The van der Waals surface area contributed by atoms with E-state index in [0.29, 0.717) is 23.1 Å². The molecule has 0 aliphatic carbocycles. The molecule has 0 saturated carbocycles. The fourth-order valence-electron chi connectivity index (χ4n) is 8.60. The maximum absolute atomic E-state index is 13.9. The molecule has 18 nitrogen and oxygen atoms in total. The van der Waals surface area contributed by atoms with Gasteiger partial charge in [-0.15, -0.1) is 0 Å². The quantitative estimate of drug-likeness (QED) is 0.0655. The molecule has 2 fully saturated rings. The van der Waals surface area contributed by atoms with E-state index < -0.39 is 144 Å². The number of allylic oxidation sites excluding steroid dienone is 4. The summed E-state index contributed by atoms with van der Waals surface area (Å²) in [5.41, 5.74) is 0.318. The van der Waals surface area contributed by atoms with Crippen molar-refractivity contribution in [2.75, 3.05) is 13.7 Å². The summed E-state index contributed by atoms with van der Waals surface area (Å²) in [6.45, 7) is 18.1. The third-order valence-electron chi connectivity index (χ3n) is 13.0. The van der Waals surface area contributed by atoms with E-state index in [9.17, 15) is 50.1 Å². The maximum atomic E-state index is 13.9. The van der Waals surface area contributed by atoms with Crippen LogP contribution in [0.2, 0.25) is 10.0 Å². The van der Waals surface area contributed by atoms with Gasteiger partial charge in [-0.2, -0.15) is 0 Å². The molecule has 1 aromatic carbocycles. The normalized spacial score (nSPS) is 34.8. The van der Waals surface area contributed by atoms with Crippen LogP contribution in [0.5, 0.6) is 11.5 Å². The zero-order chi connectivity index (χ0) is 54.1. The lowest BCUT2D eigenvalue weighted by atomic mass is 9.88. The Kier molecular flexibility index (Phi) is 22.4. The summed E-state index contributed by atoms with van der Waals surface area (Å²) in [5.74, 6) is -4.78. The fourth-order valence-corrected chi connectivity index (χ4v) is 9.16. The van der Waals surface area contributed by atoms with E-state index in [1.165, 1.54) is 33.1 Å². The van der Waals surface area contributed by atoms with Crippen molar-refractivity contribution < 1.29 is 88.0 Å². The van der Waals surface area contributed by atoms with E-state index in [-0.39, 0.29) is 35.4 Å². The molecule has 0 spiro atoms. The first kappa shape index (κ1) is 60.7. The molecule has 7 N–H and O–H groups in total. The predicted octanol–water partition coefficient (Wildman–Crippen LogP) is 6.23. The molecule has 1 aromatic rings. The number of phenolic OH excluding ortho intramolecular Hbond substituents is 2. The monoisotopic (exact) mass is 1060 g/mol. The molecule has 20 heteroatoms. The van der Waals surface area contributed by atoms with Crippen molar-refractivity contribution in [1.82, 2.24) is 0 Å². The smallest absolute Gasteiger partial charge is 0.342 e. The number of carbonyl (C=O) groups excluding carboxylic acids is 3. The molecule has 0 radical (unpaired) electrons. The number of hydrogen-bond donors (Lipinski definition) is 7. The number of hydrogen-bond acceptors (Lipinski definition) is 18. The van der Waals surface area contributed by atoms with Gasteiger partial charge in [0.15, 0.2) is 36.3 Å². The Balaban J connectivity index is 1.61. The topological polar surface area (TPSA) is 267 Å². The Morgan fingerprint density at radius 1 is 0.903 bits per heavy atom. The van der Waals surface area contributed by atoms with E-state index in [0.717, 1.165) is 0 Å². The van der Waals surface area contributed by atoms with E-state index in [1.807, 2.05) is 32.9 Å². The Labute approximate surface area is 431 Å². The van der Waals surface area contributed by atoms with Gasteiger partial charge >= 0.3 is 17.9 Å². The number of phenols is 2. The van der Waals surface area contributed by atoms with Crippen LogP contribution in [0.3, 0.4) is 0 Å². The molecule has 14 atom stereocenters. The average Bonchev–Trinajstić information content (AvgIpc) is 3.32. The number of methoxy groups -OCH3 is 1. The Morgan fingerprint density at radius 2 is 1.57 bits per heavy atom. The van der Waals surface area contributed by atoms with E-state index in [4.69, 9.17) is 61.1 Å². The van der Waals surface area contributed by atoms with Gasteiger partial charge < -0.3 is 73.6 Å². The zero-order valence-electron chi connectivity index (χ0n) is 43.0. The molecule has 0 aromatic heterocycles. The van der Waals surface area contributed by atoms with Gasteiger partial charge in [0.25, 0.3) is 0 Å². The van der Waals surface area contributed by atoms with Crippen molar-refractivity contribution in [3.8, 4) is 11.5 Å². The lowest BCUT2D eigenvalue weighted by Gasteiger charge is -2.47. The van der Waals surface area contributed by atoms with Gasteiger partial charge in [0.1, 0.15) is 46.7 Å². The third-order valence-corrected chi connectivity index (χ3v) is 13.8. The zero-order valence-corrected chi connectivity index (χ0v) is 44.5. The second-order valence-electron chi connectivity index (χ2n) is 19.4. The minimum atomic E-state index is -1.61. The highest BCUT2D eigenvalue weighted by Crippen LogP contribution is 2.45. The summed E-state index contributed by atoms with van der Waals surface area (Å²) in [7, 11) is 1.26. The van der Waals surface area contributed by atoms with Crippen molar-refractivity contribution in [1.29, 1.82) is 0 Å². The number of cyclic esters (lactones) is 1. The van der Waals surface area contributed by atoms with E-state index >= 15 is 0 Å². The second kappa shape index (κ2) is 26.5. The predicted molar refractivity (Wildman–Crippen MR) is 265 cm³/mol. The number of aromatic hydroxyl groups is 2. The van der Waals surface area contributed by atoms with Gasteiger partial charge in [0, 0.05) is 19.4 Å². The van der Waals surface area contributed by atoms with Gasteiger partial charge in [-0.3, -0.25) is 4.79 Å². The highest BCUT2D eigenvalue weighted by atomic mass is 35.5. The van der Waals surface area contributed by atoms with Crippen molar-refractivity contribution in [2.24, 2.45) is 11.8 Å². The molecular weight excluding hydrogens is 983 g/mol. The largest absolute Gasteiger partial charge is 0.505 e. The molecule has 3 aliphatic rings. The molecular formula is C52H74Cl2O18. The summed E-state index contributed by atoms with van der Waals surface area (Å²) < 4.78 is 47.5. The van der Waals surface area contributed by atoms with E-state index in [1.54, 1.807) is 53.7 Å². The summed E-state index contributed by atoms with van der Waals surface area (Å²) in [6, 6.07) is 0. The van der Waals surface area contributed by atoms with Crippen LogP contribution in [-0.4, -0.2) is 153 Å². The Bertz CT molecular complexity index is 2220. The molecule has 1 unspecified atom stereocenters. The lowest BCUT2D eigenvalue weighted by Crippen LogP contribution is -2.64. The van der Waals surface area contributed by atoms with Crippen LogP contribution in [0, 0.1) is 11.8 Å². The van der Waals surface area contributed by atoms with Crippen LogP contribution in [0.4, 0.5) is 0 Å². The van der Waals surface area contributed by atoms with Crippen molar-refractivity contribution in [3.05, 3.63) is 79.9 Å². The van der Waals surface area contributed by atoms with Crippen LogP contribution in [-0.2, 0) is 53.9 Å². The summed E-state index contributed by atoms with van der Waals surface area (Å²) in [4.78, 5) is 40.0. The number of halogens is 2. The van der Waals surface area contributed by atoms with Crippen molar-refractivity contribution >= 4 is 41.1 Å². The number of benzene rings is 1. The summed E-state index contributed by atoms with van der Waals surface area (Å²) in [6.07, 6.45) is -5.45. The highest BCUT2D eigenvalue weighted by molar-refractivity contribution is 6.39. The van der Waals surface area contributed by atoms with Gasteiger partial charge in [-0.25, -0.2) is 9.59 Å². The molecule has 404 valence electrons. The van der Waals surface area contributed by atoms with Crippen LogP contribution in [0.15, 0.2) is 58.7 Å². The van der Waals surface area contributed by atoms with Gasteiger partial charge in [-0.1, -0.05) is 86.9 Å². The van der Waals surface area contributed by atoms with Gasteiger partial charge in [0.2, 0.25) is 0 Å². The third kappa shape index (κ3) is 14.7. The number of esters is 3. The Morgan fingerprint density at radius 3 is 2.17 bits per heavy atom. The Hall–Kier alpha value is -3.89. The first-order chi connectivity index (χ1) is 33.7. The number of rotatable bonds is 13.